The van der Waals surface area contributed by atoms with E-state index in [0.29, 0.717) is 22.0 Å². The van der Waals surface area contributed by atoms with Crippen LogP contribution < -0.4 is 32.6 Å². The van der Waals surface area contributed by atoms with Gasteiger partial charge in [0.2, 0.25) is 5.91 Å². The highest BCUT2D eigenvalue weighted by Crippen LogP contribution is 2.27. The highest BCUT2D eigenvalue weighted by Gasteiger charge is 2.16. The van der Waals surface area contributed by atoms with Crippen LogP contribution in [0.25, 0.3) is 17.2 Å². The van der Waals surface area contributed by atoms with E-state index in [1.165, 1.54) is 24.5 Å². The minimum absolute atomic E-state index is 0.265. The summed E-state index contributed by atoms with van der Waals surface area (Å²) in [6.45, 7) is 0.937. The number of hydrogen-bond donors (Lipinski definition) is 5. The Kier molecular flexibility index (Phi) is 12.8. The van der Waals surface area contributed by atoms with E-state index in [-0.39, 0.29) is 11.9 Å². The van der Waals surface area contributed by atoms with Crippen LogP contribution in [0.1, 0.15) is 42.9 Å². The number of anilines is 2. The zero-order chi connectivity index (χ0) is 30.3. The number of amides is 2. The van der Waals surface area contributed by atoms with Crippen molar-refractivity contribution >= 4 is 47.4 Å². The van der Waals surface area contributed by atoms with Crippen LogP contribution in [0.4, 0.5) is 16.2 Å². The number of ether oxygens (including phenoxy) is 1. The number of methoxy groups -OCH3 is 1. The molecule has 12 heteroatoms. The van der Waals surface area contributed by atoms with Gasteiger partial charge in [-0.1, -0.05) is 36.6 Å². The van der Waals surface area contributed by atoms with Crippen LogP contribution in [0.3, 0.4) is 0 Å². The highest BCUT2D eigenvalue weighted by atomic mass is 35.5. The molecule has 0 saturated heterocycles. The molecule has 0 aliphatic heterocycles. The van der Waals surface area contributed by atoms with Crippen LogP contribution >= 0.6 is 11.6 Å². The SMILES string of the molecule is CNCCCCC[C@H](NC(=O)/C=C/c1cc(Cl)ccc1N(N)/C=N\N)c1cncc(-c2ccc(NC(=O)OC)cc2)c1. The van der Waals surface area contributed by atoms with Gasteiger partial charge in [0.25, 0.3) is 0 Å². The van der Waals surface area contributed by atoms with Crippen LogP contribution in [0.2, 0.25) is 5.02 Å². The Morgan fingerprint density at radius 3 is 2.60 bits per heavy atom. The van der Waals surface area contributed by atoms with Gasteiger partial charge in [-0.2, -0.15) is 5.10 Å². The smallest absolute Gasteiger partial charge is 0.411 e. The molecule has 0 spiro atoms. The summed E-state index contributed by atoms with van der Waals surface area (Å²) < 4.78 is 4.64. The number of nitrogens with two attached hydrogens (primary N) is 2. The topological polar surface area (TPSA) is 160 Å². The number of hydrazone groups is 1. The lowest BCUT2D eigenvalue weighted by Gasteiger charge is -2.19. The summed E-state index contributed by atoms with van der Waals surface area (Å²) in [6, 6.07) is 14.2. The van der Waals surface area contributed by atoms with Crippen LogP contribution in [-0.4, -0.2) is 44.0 Å². The first-order valence-corrected chi connectivity index (χ1v) is 13.8. The molecule has 0 bridgehead atoms. The van der Waals surface area contributed by atoms with E-state index in [2.05, 4.69) is 30.8 Å². The largest absolute Gasteiger partial charge is 0.453 e. The van der Waals surface area contributed by atoms with Crippen molar-refractivity contribution in [1.29, 1.82) is 0 Å². The molecule has 1 atom stereocenters. The number of pyridine rings is 1. The van der Waals surface area contributed by atoms with Crippen molar-refractivity contribution in [2.75, 3.05) is 31.0 Å². The van der Waals surface area contributed by atoms with Crippen molar-refractivity contribution in [3.8, 4) is 11.1 Å². The minimum atomic E-state index is -0.537. The number of nitrogens with zero attached hydrogens (tertiary/aromatic N) is 3. The Balaban J connectivity index is 1.81. The lowest BCUT2D eigenvalue weighted by molar-refractivity contribution is -0.117. The molecular weight excluding hydrogens is 556 g/mol. The van der Waals surface area contributed by atoms with Gasteiger partial charge < -0.3 is 21.2 Å². The monoisotopic (exact) mass is 592 g/mol. The number of aromatic nitrogens is 1. The first-order valence-electron chi connectivity index (χ1n) is 13.4. The number of hydrazine groups is 1. The van der Waals surface area contributed by atoms with Crippen molar-refractivity contribution in [1.82, 2.24) is 15.6 Å². The molecule has 0 fully saturated rings. The van der Waals surface area contributed by atoms with E-state index in [0.717, 1.165) is 48.9 Å². The van der Waals surface area contributed by atoms with Gasteiger partial charge in [0.1, 0.15) is 6.34 Å². The van der Waals surface area contributed by atoms with Crippen molar-refractivity contribution in [3.05, 3.63) is 83.2 Å². The molecular formula is C30H37ClN8O3. The van der Waals surface area contributed by atoms with Gasteiger partial charge in [-0.05, 0) is 80.0 Å². The summed E-state index contributed by atoms with van der Waals surface area (Å²) in [4.78, 5) is 29.1. The average molecular weight is 593 g/mol. The molecule has 1 aromatic heterocycles. The Morgan fingerprint density at radius 2 is 1.88 bits per heavy atom. The maximum absolute atomic E-state index is 13.1. The van der Waals surface area contributed by atoms with Crippen molar-refractivity contribution in [2.45, 2.75) is 31.7 Å². The Labute approximate surface area is 250 Å². The molecule has 1 heterocycles. The predicted octanol–water partition coefficient (Wildman–Crippen LogP) is 4.81. The number of carbonyl (C=O) groups excluding carboxylic acids is 2. The van der Waals surface area contributed by atoms with Crippen LogP contribution in [0.5, 0.6) is 0 Å². The van der Waals surface area contributed by atoms with E-state index in [4.69, 9.17) is 23.3 Å². The number of unbranched alkanes of at least 4 members (excludes halogenated alkanes) is 2. The second-order valence-electron chi connectivity index (χ2n) is 9.42. The number of benzene rings is 2. The lowest BCUT2D eigenvalue weighted by atomic mass is 9.98. The van der Waals surface area contributed by atoms with Gasteiger partial charge in [0, 0.05) is 40.3 Å². The third-order valence-electron chi connectivity index (χ3n) is 6.42. The second-order valence-corrected chi connectivity index (χ2v) is 9.86. The van der Waals surface area contributed by atoms with Crippen molar-refractivity contribution in [2.24, 2.45) is 16.8 Å². The second kappa shape index (κ2) is 16.7. The summed E-state index contributed by atoms with van der Waals surface area (Å²) in [6.07, 6.45) is 11.1. The van der Waals surface area contributed by atoms with Crippen molar-refractivity contribution in [3.63, 3.8) is 0 Å². The highest BCUT2D eigenvalue weighted by molar-refractivity contribution is 6.30. The maximum Gasteiger partial charge on any atom is 0.411 e. The fourth-order valence-electron chi connectivity index (χ4n) is 4.28. The number of halogens is 1. The molecule has 11 nitrogen and oxygen atoms in total. The molecule has 2 amide bonds. The fraction of sp³-hybridized carbons (Fsp3) is 0.267. The first-order chi connectivity index (χ1) is 20.3. The van der Waals surface area contributed by atoms with Crippen LogP contribution in [-0.2, 0) is 9.53 Å². The fourth-order valence-corrected chi connectivity index (χ4v) is 4.46. The molecule has 2 aromatic carbocycles. The quantitative estimate of drug-likeness (QED) is 0.0445. The zero-order valence-corrected chi connectivity index (χ0v) is 24.5. The maximum atomic E-state index is 13.1. The van der Waals surface area contributed by atoms with Gasteiger partial charge >= 0.3 is 6.09 Å². The summed E-state index contributed by atoms with van der Waals surface area (Å²) >= 11 is 6.19. The van der Waals surface area contributed by atoms with Crippen LogP contribution in [0, 0.1) is 0 Å². The van der Waals surface area contributed by atoms with Gasteiger partial charge in [-0.3, -0.25) is 20.1 Å². The summed E-state index contributed by atoms with van der Waals surface area (Å²) in [5.41, 5.74) is 4.50. The minimum Gasteiger partial charge on any atom is -0.453 e. The van der Waals surface area contributed by atoms with Crippen molar-refractivity contribution < 1.29 is 14.3 Å². The van der Waals surface area contributed by atoms with E-state index >= 15 is 0 Å². The average Bonchev–Trinajstić information content (AvgIpc) is 2.99. The van der Waals surface area contributed by atoms with Gasteiger partial charge in [0.15, 0.2) is 0 Å². The zero-order valence-electron chi connectivity index (χ0n) is 23.7. The number of hydrogen-bond acceptors (Lipinski definition) is 8. The number of rotatable bonds is 14. The molecule has 42 heavy (non-hydrogen) atoms. The van der Waals surface area contributed by atoms with Gasteiger partial charge in [-0.15, -0.1) is 0 Å². The normalized spacial score (nSPS) is 11.9. The summed E-state index contributed by atoms with van der Waals surface area (Å²) in [7, 11) is 3.25. The molecule has 0 radical (unpaired) electrons. The van der Waals surface area contributed by atoms with Gasteiger partial charge in [0.05, 0.1) is 18.8 Å². The van der Waals surface area contributed by atoms with E-state index in [1.807, 2.05) is 25.2 Å². The molecule has 0 aliphatic carbocycles. The van der Waals surface area contributed by atoms with Gasteiger partial charge in [-0.25, -0.2) is 10.6 Å². The van der Waals surface area contributed by atoms with E-state index in [1.54, 1.807) is 48.8 Å². The third kappa shape index (κ3) is 9.88. The Bertz CT molecular complexity index is 1380. The Morgan fingerprint density at radius 1 is 1.10 bits per heavy atom. The van der Waals surface area contributed by atoms with E-state index < -0.39 is 6.09 Å². The first kappa shape index (κ1) is 32.1. The third-order valence-corrected chi connectivity index (χ3v) is 6.66. The molecule has 3 aromatic rings. The molecule has 3 rings (SSSR count). The number of carbonyl (C=O) groups is 2. The molecule has 0 unspecified atom stereocenters. The van der Waals surface area contributed by atoms with Crippen LogP contribution in [0.15, 0.2) is 72.1 Å². The molecule has 0 aliphatic rings. The predicted molar refractivity (Wildman–Crippen MR) is 169 cm³/mol. The molecule has 0 saturated carbocycles. The number of nitrogens with one attached hydrogen (secondary N) is 3. The van der Waals surface area contributed by atoms with E-state index in [9.17, 15) is 9.59 Å². The lowest BCUT2D eigenvalue weighted by Crippen LogP contribution is -2.30. The molecule has 222 valence electrons. The summed E-state index contributed by atoms with van der Waals surface area (Å²) in [5.74, 6) is 11.0. The summed E-state index contributed by atoms with van der Waals surface area (Å²) in [5, 5.41) is 14.1. The molecule has 7 N–H and O–H groups in total. The standard InChI is InChI=1S/C30H37ClN8O3/c1-34-15-5-3-4-6-27(38-29(40)14-9-22-17-25(31)10-13-28(22)39(33)20-36-32)24-16-23(18-35-19-24)21-7-11-26(12-8-21)37-30(41)42-2/h7-14,16-20,27,34H,3-6,15,32-33H2,1-2H3,(H,37,41)(H,38,40)/b14-9+,36-20-/t27-/m0/s1. The Hall–Kier alpha value is -4.45.